The number of para-hydroxylation sites is 2. The molecule has 3 heteroatoms. The predicted octanol–water partition coefficient (Wildman–Crippen LogP) is 15.1. The van der Waals surface area contributed by atoms with Crippen molar-refractivity contribution < 1.29 is 4.42 Å². The number of anilines is 3. The van der Waals surface area contributed by atoms with Crippen LogP contribution in [0, 0.1) is 0 Å². The second kappa shape index (κ2) is 14.2. The van der Waals surface area contributed by atoms with Gasteiger partial charge < -0.3 is 13.9 Å². The largest absolute Gasteiger partial charge is 0.454 e. The van der Waals surface area contributed by atoms with Gasteiger partial charge in [0, 0.05) is 38.9 Å². The van der Waals surface area contributed by atoms with Gasteiger partial charge in [0.2, 0.25) is 0 Å². The van der Waals surface area contributed by atoms with E-state index in [4.69, 9.17) is 4.42 Å². The first-order valence-electron chi connectivity index (χ1n) is 20.6. The van der Waals surface area contributed by atoms with Crippen LogP contribution in [0.5, 0.6) is 0 Å². The molecule has 0 atom stereocenters. The lowest BCUT2D eigenvalue weighted by molar-refractivity contribution is 0.669. The van der Waals surface area contributed by atoms with Gasteiger partial charge in [0.1, 0.15) is 5.58 Å². The van der Waals surface area contributed by atoms with Crippen molar-refractivity contribution in [1.29, 1.82) is 0 Å². The van der Waals surface area contributed by atoms with E-state index in [-0.39, 0.29) is 0 Å². The van der Waals surface area contributed by atoms with E-state index in [1.54, 1.807) is 0 Å². The Bertz CT molecular complexity index is 2930. The molecule has 0 radical (unpaired) electrons. The average molecular weight is 737 g/mol. The lowest BCUT2D eigenvalue weighted by atomic mass is 9.87. The highest BCUT2D eigenvalue weighted by molar-refractivity contribution is 6.11. The fourth-order valence-corrected chi connectivity index (χ4v) is 9.49. The lowest BCUT2D eigenvalue weighted by Gasteiger charge is -2.27. The SMILES string of the molecule is C1=CCCC(C2=CC=C(c3ccc(N(c4ccc(-n5c6c(c7ccccc75)CCC=C6)cc4)c4cc(C5=CC=CCC5)cc5c4oc4ccccc45)cc3)CC2)=C1. The van der Waals surface area contributed by atoms with Gasteiger partial charge in [0.25, 0.3) is 0 Å². The van der Waals surface area contributed by atoms with Crippen LogP contribution in [0.3, 0.4) is 0 Å². The molecule has 0 unspecified atom stereocenters. The highest BCUT2D eigenvalue weighted by Crippen LogP contribution is 2.45. The van der Waals surface area contributed by atoms with E-state index >= 15 is 0 Å². The van der Waals surface area contributed by atoms with Crippen molar-refractivity contribution in [2.45, 2.75) is 51.4 Å². The molecule has 0 fully saturated rings. The number of rotatable bonds is 7. The first-order chi connectivity index (χ1) is 28.3. The molecule has 5 aromatic carbocycles. The molecule has 0 amide bonds. The van der Waals surface area contributed by atoms with E-state index in [9.17, 15) is 0 Å². The van der Waals surface area contributed by atoms with Crippen molar-refractivity contribution in [3.05, 3.63) is 197 Å². The number of hydrogen-bond acceptors (Lipinski definition) is 2. The minimum Gasteiger partial charge on any atom is -0.454 e. The summed E-state index contributed by atoms with van der Waals surface area (Å²) in [5.74, 6) is 0. The summed E-state index contributed by atoms with van der Waals surface area (Å²) in [5, 5.41) is 3.63. The maximum Gasteiger partial charge on any atom is 0.159 e. The standard InChI is InChI=1S/C54H44N2O/c1-3-13-37(14-4-1)39-23-25-40(26-24-39)41-27-29-43(30-28-41)55(44-31-33-45(34-32-44)56-50-20-10-7-17-46(50)47-18-8-11-21-51(47)56)52-36-42(38-15-5-2-6-16-38)35-49-48-19-9-12-22-53(48)57-54(49)52/h1-3,5,7,9-13,15,17,19-23,25,27-36H,4,6,8,14,16,18,24,26H2. The highest BCUT2D eigenvalue weighted by atomic mass is 16.3. The summed E-state index contributed by atoms with van der Waals surface area (Å²) in [6, 6.07) is 40.3. The Labute approximate surface area is 334 Å². The zero-order valence-electron chi connectivity index (χ0n) is 32.1. The third-order valence-corrected chi connectivity index (χ3v) is 12.4. The molecule has 0 bridgehead atoms. The molecule has 276 valence electrons. The summed E-state index contributed by atoms with van der Waals surface area (Å²) >= 11 is 0. The van der Waals surface area contributed by atoms with E-state index in [1.165, 1.54) is 55.6 Å². The second-order valence-corrected chi connectivity index (χ2v) is 15.7. The van der Waals surface area contributed by atoms with E-state index in [2.05, 4.69) is 179 Å². The number of furan rings is 1. The molecule has 57 heavy (non-hydrogen) atoms. The van der Waals surface area contributed by atoms with E-state index in [1.807, 2.05) is 0 Å². The fourth-order valence-electron chi connectivity index (χ4n) is 9.49. The summed E-state index contributed by atoms with van der Waals surface area (Å²) in [5.41, 5.74) is 18.4. The molecule has 4 aliphatic carbocycles. The summed E-state index contributed by atoms with van der Waals surface area (Å²) in [7, 11) is 0. The average Bonchev–Trinajstić information content (AvgIpc) is 3.84. The van der Waals surface area contributed by atoms with Gasteiger partial charge in [-0.15, -0.1) is 0 Å². The van der Waals surface area contributed by atoms with Gasteiger partial charge >= 0.3 is 0 Å². The number of allylic oxidation sites excluding steroid dienone is 13. The van der Waals surface area contributed by atoms with E-state index in [0.29, 0.717) is 0 Å². The predicted molar refractivity (Wildman–Crippen MR) is 241 cm³/mol. The molecule has 0 aliphatic heterocycles. The molecular formula is C54H44N2O. The van der Waals surface area contributed by atoms with Crippen molar-refractivity contribution in [1.82, 2.24) is 4.57 Å². The monoisotopic (exact) mass is 736 g/mol. The van der Waals surface area contributed by atoms with E-state index in [0.717, 1.165) is 96.1 Å². The smallest absolute Gasteiger partial charge is 0.159 e. The molecule has 2 aromatic heterocycles. The number of benzene rings is 5. The zero-order chi connectivity index (χ0) is 37.7. The van der Waals surface area contributed by atoms with Crippen LogP contribution >= 0.6 is 0 Å². The van der Waals surface area contributed by atoms with Crippen molar-refractivity contribution in [2.75, 3.05) is 4.90 Å². The number of nitrogens with zero attached hydrogens (tertiary/aromatic N) is 2. The minimum atomic E-state index is 0.898. The van der Waals surface area contributed by atoms with Gasteiger partial charge in [-0.25, -0.2) is 0 Å². The van der Waals surface area contributed by atoms with Crippen LogP contribution in [0.25, 0.3) is 55.8 Å². The number of aryl methyl sites for hydroxylation is 1. The molecule has 4 aliphatic rings. The highest BCUT2D eigenvalue weighted by Gasteiger charge is 2.24. The summed E-state index contributed by atoms with van der Waals surface area (Å²) in [6.45, 7) is 0. The van der Waals surface area contributed by atoms with Crippen LogP contribution in [-0.2, 0) is 6.42 Å². The van der Waals surface area contributed by atoms with Gasteiger partial charge in [-0.1, -0.05) is 103 Å². The third kappa shape index (κ3) is 5.97. The van der Waals surface area contributed by atoms with Crippen molar-refractivity contribution in [3.63, 3.8) is 0 Å². The van der Waals surface area contributed by atoms with Crippen molar-refractivity contribution >= 4 is 67.1 Å². The van der Waals surface area contributed by atoms with Crippen LogP contribution in [0.4, 0.5) is 17.1 Å². The second-order valence-electron chi connectivity index (χ2n) is 15.7. The fraction of sp³-hybridized carbons (Fsp3) is 0.148. The Kier molecular flexibility index (Phi) is 8.39. The van der Waals surface area contributed by atoms with Crippen LogP contribution in [0.1, 0.15) is 67.3 Å². The Morgan fingerprint density at radius 1 is 0.509 bits per heavy atom. The van der Waals surface area contributed by atoms with Crippen molar-refractivity contribution in [3.8, 4) is 5.69 Å². The van der Waals surface area contributed by atoms with Crippen molar-refractivity contribution in [2.24, 2.45) is 0 Å². The first kappa shape index (κ1) is 33.7. The maximum absolute atomic E-state index is 6.81. The van der Waals surface area contributed by atoms with Gasteiger partial charge in [0.05, 0.1) is 11.2 Å². The Morgan fingerprint density at radius 2 is 1.16 bits per heavy atom. The topological polar surface area (TPSA) is 21.3 Å². The molecule has 0 N–H and O–H groups in total. The molecule has 0 spiro atoms. The van der Waals surface area contributed by atoms with E-state index < -0.39 is 0 Å². The first-order valence-corrected chi connectivity index (χ1v) is 20.6. The molecule has 0 saturated carbocycles. The molecule has 11 rings (SSSR count). The van der Waals surface area contributed by atoms with Gasteiger partial charge in [-0.2, -0.15) is 0 Å². The molecule has 7 aromatic rings. The van der Waals surface area contributed by atoms with Crippen LogP contribution in [-0.4, -0.2) is 4.57 Å². The molecule has 2 heterocycles. The lowest BCUT2D eigenvalue weighted by Crippen LogP contribution is -2.11. The maximum atomic E-state index is 6.81. The van der Waals surface area contributed by atoms with Gasteiger partial charge in [0.15, 0.2) is 5.58 Å². The summed E-state index contributed by atoms with van der Waals surface area (Å²) in [6.07, 6.45) is 31.5. The summed E-state index contributed by atoms with van der Waals surface area (Å²) in [4.78, 5) is 2.40. The third-order valence-electron chi connectivity index (χ3n) is 12.4. The number of aromatic nitrogens is 1. The molecule has 3 nitrogen and oxygen atoms in total. The summed E-state index contributed by atoms with van der Waals surface area (Å²) < 4.78 is 9.24. The Balaban J connectivity index is 1.06. The quantitative estimate of drug-likeness (QED) is 0.162. The number of fused-ring (bicyclic) bond motifs is 6. The van der Waals surface area contributed by atoms with Gasteiger partial charge in [-0.3, -0.25) is 0 Å². The van der Waals surface area contributed by atoms with Crippen LogP contribution in [0.15, 0.2) is 179 Å². The Morgan fingerprint density at radius 3 is 1.91 bits per heavy atom. The molecule has 0 saturated heterocycles. The van der Waals surface area contributed by atoms with Crippen LogP contribution < -0.4 is 4.90 Å². The van der Waals surface area contributed by atoms with Crippen LogP contribution in [0.2, 0.25) is 0 Å². The Hall–Kier alpha value is -6.58. The van der Waals surface area contributed by atoms with Gasteiger partial charge in [-0.05, 0) is 157 Å². The number of hydrogen-bond donors (Lipinski definition) is 0. The molecular weight excluding hydrogens is 693 g/mol. The zero-order valence-corrected chi connectivity index (χ0v) is 32.1. The normalized spacial score (nSPS) is 16.4. The minimum absolute atomic E-state index is 0.898.